The van der Waals surface area contributed by atoms with Crippen molar-refractivity contribution in [3.05, 3.63) is 22.4 Å². The Bertz CT molecular complexity index is 452. The highest BCUT2D eigenvalue weighted by atomic mass is 32.1. The molecule has 0 spiro atoms. The average Bonchev–Trinajstić information content (AvgIpc) is 3.25. The van der Waals surface area contributed by atoms with Crippen LogP contribution in [0.2, 0.25) is 0 Å². The number of amides is 1. The Morgan fingerprint density at radius 3 is 2.91 bits per heavy atom. The number of thiophene rings is 1. The topological polar surface area (TPSA) is 42.0 Å². The molecular weight excluding hydrogens is 300 g/mol. The van der Waals surface area contributed by atoms with Crippen LogP contribution in [0.5, 0.6) is 0 Å². The Morgan fingerprint density at radius 2 is 2.23 bits per heavy atom. The third-order valence-electron chi connectivity index (χ3n) is 4.31. The molecule has 6 heteroatoms. The molecule has 1 unspecified atom stereocenters. The van der Waals surface area contributed by atoms with E-state index in [1.807, 2.05) is 21.7 Å². The van der Waals surface area contributed by atoms with E-state index in [1.54, 1.807) is 11.3 Å². The number of nitrogens with zero attached hydrogens (tertiary/aromatic N) is 2. The smallest absolute Gasteiger partial charge is 0.254 e. The fourth-order valence-electron chi connectivity index (χ4n) is 2.93. The predicted molar refractivity (Wildman–Crippen MR) is 86.5 cm³/mol. The molecule has 3 rings (SSSR count). The first-order valence-corrected chi connectivity index (χ1v) is 9.00. The van der Waals surface area contributed by atoms with Gasteiger partial charge in [0.25, 0.3) is 5.91 Å². The van der Waals surface area contributed by atoms with Crippen molar-refractivity contribution in [1.82, 2.24) is 9.80 Å². The van der Waals surface area contributed by atoms with Gasteiger partial charge in [0, 0.05) is 44.7 Å². The Balaban J connectivity index is 1.31. The van der Waals surface area contributed by atoms with Gasteiger partial charge >= 0.3 is 0 Å². The van der Waals surface area contributed by atoms with Gasteiger partial charge in [-0.15, -0.1) is 0 Å². The average molecular weight is 324 g/mol. The molecule has 122 valence electrons. The number of hydrogen-bond donors (Lipinski definition) is 0. The van der Waals surface area contributed by atoms with Gasteiger partial charge in [0.15, 0.2) is 0 Å². The van der Waals surface area contributed by atoms with Gasteiger partial charge in [0.2, 0.25) is 0 Å². The van der Waals surface area contributed by atoms with E-state index >= 15 is 0 Å². The maximum absolute atomic E-state index is 12.3. The highest BCUT2D eigenvalue weighted by Gasteiger charge is 2.22. The highest BCUT2D eigenvalue weighted by molar-refractivity contribution is 7.08. The second-order valence-electron chi connectivity index (χ2n) is 5.86. The highest BCUT2D eigenvalue weighted by Crippen LogP contribution is 2.13. The first kappa shape index (κ1) is 15.9. The second-order valence-corrected chi connectivity index (χ2v) is 6.64. The van der Waals surface area contributed by atoms with Gasteiger partial charge < -0.3 is 14.4 Å². The summed E-state index contributed by atoms with van der Waals surface area (Å²) in [4.78, 5) is 16.6. The van der Waals surface area contributed by atoms with E-state index in [0.717, 1.165) is 70.9 Å². The predicted octanol–water partition coefficient (Wildman–Crippen LogP) is 1.70. The van der Waals surface area contributed by atoms with E-state index in [9.17, 15) is 4.79 Å². The zero-order valence-corrected chi connectivity index (χ0v) is 13.7. The van der Waals surface area contributed by atoms with Crippen molar-refractivity contribution >= 4 is 17.2 Å². The summed E-state index contributed by atoms with van der Waals surface area (Å²) in [6, 6.07) is 1.90. The van der Waals surface area contributed by atoms with Crippen molar-refractivity contribution < 1.29 is 14.3 Å². The molecule has 0 bridgehead atoms. The van der Waals surface area contributed by atoms with E-state index in [4.69, 9.17) is 9.47 Å². The van der Waals surface area contributed by atoms with Crippen LogP contribution >= 0.6 is 11.3 Å². The minimum absolute atomic E-state index is 0.163. The Hall–Kier alpha value is -0.950. The Morgan fingerprint density at radius 1 is 1.36 bits per heavy atom. The molecule has 1 aromatic heterocycles. The second kappa shape index (κ2) is 8.06. The van der Waals surface area contributed by atoms with Crippen LogP contribution in [0.15, 0.2) is 16.8 Å². The van der Waals surface area contributed by atoms with Crippen LogP contribution in [0.1, 0.15) is 23.2 Å². The number of carbonyl (C=O) groups excluding carboxylic acids is 1. The molecule has 2 fully saturated rings. The summed E-state index contributed by atoms with van der Waals surface area (Å²) in [5, 5.41) is 3.88. The lowest BCUT2D eigenvalue weighted by Crippen LogP contribution is -2.49. The number of carbonyl (C=O) groups is 1. The van der Waals surface area contributed by atoms with Crippen molar-refractivity contribution in [2.75, 3.05) is 52.5 Å². The first-order chi connectivity index (χ1) is 10.8. The van der Waals surface area contributed by atoms with Gasteiger partial charge in [0.1, 0.15) is 0 Å². The third kappa shape index (κ3) is 4.29. The molecular formula is C16H24N2O3S. The molecule has 22 heavy (non-hydrogen) atoms. The summed E-state index contributed by atoms with van der Waals surface area (Å²) in [6.07, 6.45) is 2.59. The molecule has 0 radical (unpaired) electrons. The van der Waals surface area contributed by atoms with Gasteiger partial charge in [-0.2, -0.15) is 11.3 Å². The molecule has 0 N–H and O–H groups in total. The SMILES string of the molecule is O=C(c1ccsc1)N1CCN(CCOCC2CCCO2)CC1. The lowest BCUT2D eigenvalue weighted by molar-refractivity contribution is 0.00657. The molecule has 0 aromatic carbocycles. The third-order valence-corrected chi connectivity index (χ3v) is 4.99. The van der Waals surface area contributed by atoms with Crippen LogP contribution in [0.3, 0.4) is 0 Å². The lowest BCUT2D eigenvalue weighted by atomic mass is 10.2. The molecule has 1 aromatic rings. The van der Waals surface area contributed by atoms with Crippen LogP contribution in [0.4, 0.5) is 0 Å². The molecule has 5 nitrogen and oxygen atoms in total. The normalized spacial score (nSPS) is 23.1. The quantitative estimate of drug-likeness (QED) is 0.747. The maximum atomic E-state index is 12.3. The molecule has 2 saturated heterocycles. The van der Waals surface area contributed by atoms with Crippen LogP contribution in [0, 0.1) is 0 Å². The molecule has 2 aliphatic heterocycles. The van der Waals surface area contributed by atoms with Crippen LogP contribution in [-0.4, -0.2) is 74.4 Å². The zero-order valence-electron chi connectivity index (χ0n) is 12.9. The van der Waals surface area contributed by atoms with Gasteiger partial charge in [-0.1, -0.05) is 0 Å². The van der Waals surface area contributed by atoms with Gasteiger partial charge in [-0.3, -0.25) is 9.69 Å². The standard InChI is InChI=1S/C16H24N2O3S/c19-16(14-3-11-22-13-14)18-6-4-17(5-7-18)8-10-20-12-15-2-1-9-21-15/h3,11,13,15H,1-2,4-10,12H2. The van der Waals surface area contributed by atoms with Crippen LogP contribution in [0.25, 0.3) is 0 Å². The summed E-state index contributed by atoms with van der Waals surface area (Å²) < 4.78 is 11.2. The summed E-state index contributed by atoms with van der Waals surface area (Å²) >= 11 is 1.57. The van der Waals surface area contributed by atoms with Crippen LogP contribution < -0.4 is 0 Å². The van der Waals surface area contributed by atoms with E-state index in [-0.39, 0.29) is 5.91 Å². The van der Waals surface area contributed by atoms with E-state index in [1.165, 1.54) is 0 Å². The minimum atomic E-state index is 0.163. The summed E-state index contributed by atoms with van der Waals surface area (Å²) in [5.74, 6) is 0.163. The van der Waals surface area contributed by atoms with Crippen molar-refractivity contribution in [3.63, 3.8) is 0 Å². The van der Waals surface area contributed by atoms with Gasteiger partial charge in [-0.05, 0) is 24.3 Å². The van der Waals surface area contributed by atoms with Crippen molar-refractivity contribution in [1.29, 1.82) is 0 Å². The molecule has 3 heterocycles. The molecule has 1 amide bonds. The van der Waals surface area contributed by atoms with E-state index < -0.39 is 0 Å². The Kier molecular flexibility index (Phi) is 5.83. The summed E-state index contributed by atoms with van der Waals surface area (Å²) in [7, 11) is 0. The maximum Gasteiger partial charge on any atom is 0.254 e. The van der Waals surface area contributed by atoms with Crippen LogP contribution in [-0.2, 0) is 9.47 Å². The number of piperazine rings is 1. The molecule has 1 atom stereocenters. The van der Waals surface area contributed by atoms with Crippen molar-refractivity contribution in [2.45, 2.75) is 18.9 Å². The van der Waals surface area contributed by atoms with Gasteiger partial charge in [-0.25, -0.2) is 0 Å². The molecule has 2 aliphatic rings. The molecule has 0 saturated carbocycles. The Labute approximate surface area is 135 Å². The van der Waals surface area contributed by atoms with E-state index in [0.29, 0.717) is 6.10 Å². The number of ether oxygens (including phenoxy) is 2. The minimum Gasteiger partial charge on any atom is -0.377 e. The fraction of sp³-hybridized carbons (Fsp3) is 0.688. The lowest BCUT2D eigenvalue weighted by Gasteiger charge is -2.34. The fourth-order valence-corrected chi connectivity index (χ4v) is 3.56. The van der Waals surface area contributed by atoms with Crippen molar-refractivity contribution in [2.24, 2.45) is 0 Å². The zero-order chi connectivity index (χ0) is 15.2. The van der Waals surface area contributed by atoms with Crippen molar-refractivity contribution in [3.8, 4) is 0 Å². The van der Waals surface area contributed by atoms with E-state index in [2.05, 4.69) is 4.90 Å². The largest absolute Gasteiger partial charge is 0.377 e. The first-order valence-electron chi connectivity index (χ1n) is 8.06. The molecule has 0 aliphatic carbocycles. The number of hydrogen-bond acceptors (Lipinski definition) is 5. The number of rotatable bonds is 6. The van der Waals surface area contributed by atoms with Gasteiger partial charge in [0.05, 0.1) is 24.9 Å². The summed E-state index contributed by atoms with van der Waals surface area (Å²) in [5.41, 5.74) is 0.818. The monoisotopic (exact) mass is 324 g/mol. The summed E-state index contributed by atoms with van der Waals surface area (Å²) in [6.45, 7) is 6.76.